The predicted molar refractivity (Wildman–Crippen MR) is 103 cm³/mol. The molecule has 142 valence electrons. The van der Waals surface area contributed by atoms with E-state index in [1.807, 2.05) is 16.8 Å². The molecule has 1 aliphatic carbocycles. The topological polar surface area (TPSA) is 71.3 Å². The Bertz CT molecular complexity index is 688. The molecule has 0 aliphatic heterocycles. The van der Waals surface area contributed by atoms with Crippen LogP contribution < -0.4 is 5.32 Å². The number of hydrogen-bond donors (Lipinski definition) is 1. The number of carbonyl (C=O) groups excluding carboxylic acids is 1. The van der Waals surface area contributed by atoms with E-state index in [1.54, 1.807) is 11.3 Å². The van der Waals surface area contributed by atoms with Crippen molar-refractivity contribution in [2.45, 2.75) is 56.9 Å². The molecule has 26 heavy (non-hydrogen) atoms. The molecule has 6 nitrogen and oxygen atoms in total. The van der Waals surface area contributed by atoms with Crippen molar-refractivity contribution in [1.82, 2.24) is 20.4 Å². The highest BCUT2D eigenvalue weighted by Gasteiger charge is 2.33. The summed E-state index contributed by atoms with van der Waals surface area (Å²) in [5.74, 6) is 1.15. The fraction of sp³-hybridized carbons (Fsp3) is 0.632. The number of nitrogens with one attached hydrogen (secondary N) is 1. The Balaban J connectivity index is 1.49. The minimum atomic E-state index is 0.0470. The fourth-order valence-electron chi connectivity index (χ4n) is 3.61. The lowest BCUT2D eigenvalue weighted by molar-refractivity contribution is -0.121. The van der Waals surface area contributed by atoms with Gasteiger partial charge in [0.05, 0.1) is 0 Å². The second-order valence-corrected chi connectivity index (χ2v) is 8.11. The van der Waals surface area contributed by atoms with Gasteiger partial charge in [0, 0.05) is 35.9 Å². The lowest BCUT2D eigenvalue weighted by Crippen LogP contribution is -2.52. The predicted octanol–water partition coefficient (Wildman–Crippen LogP) is 3.50. The average molecular weight is 377 g/mol. The van der Waals surface area contributed by atoms with E-state index in [1.165, 1.54) is 25.7 Å². The zero-order valence-electron chi connectivity index (χ0n) is 15.7. The third-order valence-corrected chi connectivity index (χ3v) is 6.09. The summed E-state index contributed by atoms with van der Waals surface area (Å²) in [6.45, 7) is 0.711. The molecule has 0 saturated heterocycles. The number of thiophene rings is 1. The summed E-state index contributed by atoms with van der Waals surface area (Å²) in [4.78, 5) is 19.0. The number of carbonyl (C=O) groups is 1. The van der Waals surface area contributed by atoms with Crippen LogP contribution in [0.15, 0.2) is 21.3 Å². The van der Waals surface area contributed by atoms with Gasteiger partial charge in [-0.3, -0.25) is 4.79 Å². The summed E-state index contributed by atoms with van der Waals surface area (Å²) in [6, 6.07) is 1.96. The molecular weight excluding hydrogens is 348 g/mol. The van der Waals surface area contributed by atoms with E-state index in [0.717, 1.165) is 18.4 Å². The number of aryl methyl sites for hydroxylation is 1. The molecule has 1 aliphatic rings. The molecule has 1 amide bonds. The molecule has 2 aromatic rings. The van der Waals surface area contributed by atoms with Crippen molar-refractivity contribution in [1.29, 1.82) is 0 Å². The third kappa shape index (κ3) is 4.71. The molecule has 0 unspecified atom stereocenters. The van der Waals surface area contributed by atoms with E-state index in [-0.39, 0.29) is 11.4 Å². The molecule has 2 heterocycles. The van der Waals surface area contributed by atoms with Gasteiger partial charge < -0.3 is 14.7 Å². The first-order valence-electron chi connectivity index (χ1n) is 9.38. The molecule has 7 heteroatoms. The largest absolute Gasteiger partial charge is 0.354 e. The average Bonchev–Trinajstić information content (AvgIpc) is 3.26. The van der Waals surface area contributed by atoms with Gasteiger partial charge in [-0.15, -0.1) is 0 Å². The molecule has 1 fully saturated rings. The van der Waals surface area contributed by atoms with Crippen molar-refractivity contribution in [2.24, 2.45) is 0 Å². The number of amides is 1. The van der Waals surface area contributed by atoms with Crippen LogP contribution in [0.2, 0.25) is 0 Å². The van der Waals surface area contributed by atoms with Gasteiger partial charge >= 0.3 is 0 Å². The number of nitrogens with zero attached hydrogens (tertiary/aromatic N) is 3. The van der Waals surface area contributed by atoms with E-state index in [9.17, 15) is 4.79 Å². The van der Waals surface area contributed by atoms with Crippen molar-refractivity contribution in [3.8, 4) is 11.4 Å². The second-order valence-electron chi connectivity index (χ2n) is 7.33. The Morgan fingerprint density at radius 3 is 2.73 bits per heavy atom. The standard InChI is InChI=1S/C19H28N4O2S/c1-23(2)19(10-5-3-4-6-11-19)14-20-16(24)7-8-17-21-18(22-25-17)15-9-12-26-13-15/h9,12-13H,3-8,10-11,14H2,1-2H3,(H,20,24). The molecule has 0 aromatic carbocycles. The minimum Gasteiger partial charge on any atom is -0.354 e. The summed E-state index contributed by atoms with van der Waals surface area (Å²) in [5, 5.41) is 11.1. The molecule has 0 bridgehead atoms. The smallest absolute Gasteiger partial charge is 0.227 e. The first-order valence-corrected chi connectivity index (χ1v) is 10.3. The van der Waals surface area contributed by atoms with Crippen LogP contribution in [-0.2, 0) is 11.2 Å². The Labute approximate surface area is 159 Å². The van der Waals surface area contributed by atoms with Crippen LogP contribution in [0.3, 0.4) is 0 Å². The SMILES string of the molecule is CN(C)C1(CNC(=O)CCc2nc(-c3ccsc3)no2)CCCCCC1. The van der Waals surface area contributed by atoms with Gasteiger partial charge in [-0.25, -0.2) is 0 Å². The van der Waals surface area contributed by atoms with Crippen molar-refractivity contribution in [3.63, 3.8) is 0 Å². The minimum absolute atomic E-state index is 0.0470. The highest BCUT2D eigenvalue weighted by atomic mass is 32.1. The molecule has 1 N–H and O–H groups in total. The van der Waals surface area contributed by atoms with Crippen LogP contribution in [-0.4, -0.2) is 47.1 Å². The second kappa shape index (κ2) is 8.77. The van der Waals surface area contributed by atoms with Crippen LogP contribution in [0.4, 0.5) is 0 Å². The quantitative estimate of drug-likeness (QED) is 0.749. The van der Waals surface area contributed by atoms with Gasteiger partial charge in [0.25, 0.3) is 0 Å². The normalized spacial score (nSPS) is 17.2. The lowest BCUT2D eigenvalue weighted by Gasteiger charge is -2.39. The fourth-order valence-corrected chi connectivity index (χ4v) is 4.24. The maximum Gasteiger partial charge on any atom is 0.227 e. The van der Waals surface area contributed by atoms with Crippen molar-refractivity contribution in [2.75, 3.05) is 20.6 Å². The van der Waals surface area contributed by atoms with E-state index in [0.29, 0.717) is 31.1 Å². The van der Waals surface area contributed by atoms with Crippen LogP contribution in [0.25, 0.3) is 11.4 Å². The lowest BCUT2D eigenvalue weighted by atomic mass is 9.88. The third-order valence-electron chi connectivity index (χ3n) is 5.41. The van der Waals surface area contributed by atoms with Crippen LogP contribution in [0, 0.1) is 0 Å². The highest BCUT2D eigenvalue weighted by molar-refractivity contribution is 7.08. The molecule has 1 saturated carbocycles. The van der Waals surface area contributed by atoms with Crippen molar-refractivity contribution >= 4 is 17.2 Å². The van der Waals surface area contributed by atoms with Crippen LogP contribution in [0.1, 0.15) is 50.8 Å². The monoisotopic (exact) mass is 376 g/mol. The van der Waals surface area contributed by atoms with Gasteiger partial charge in [-0.2, -0.15) is 16.3 Å². The maximum atomic E-state index is 12.3. The summed E-state index contributed by atoms with van der Waals surface area (Å²) < 4.78 is 5.26. The van der Waals surface area contributed by atoms with Gasteiger partial charge in [0.1, 0.15) is 0 Å². The van der Waals surface area contributed by atoms with E-state index in [4.69, 9.17) is 4.52 Å². The molecule has 0 radical (unpaired) electrons. The zero-order chi connectivity index (χ0) is 18.4. The Hall–Kier alpha value is -1.73. The zero-order valence-corrected chi connectivity index (χ0v) is 16.5. The summed E-state index contributed by atoms with van der Waals surface area (Å²) in [5.41, 5.74) is 1.04. The number of likely N-dealkylation sites (N-methyl/N-ethyl adjacent to an activating group) is 1. The van der Waals surface area contributed by atoms with Crippen LogP contribution in [0.5, 0.6) is 0 Å². The van der Waals surface area contributed by atoms with Gasteiger partial charge in [0.2, 0.25) is 17.6 Å². The molecule has 0 atom stereocenters. The van der Waals surface area contributed by atoms with Gasteiger partial charge in [-0.1, -0.05) is 30.8 Å². The number of rotatable bonds is 7. The first-order chi connectivity index (χ1) is 12.6. The number of aromatic nitrogens is 2. The Kier molecular flexibility index (Phi) is 6.43. The molecule has 3 rings (SSSR count). The van der Waals surface area contributed by atoms with E-state index >= 15 is 0 Å². The molecule has 2 aromatic heterocycles. The van der Waals surface area contributed by atoms with Crippen molar-refractivity contribution in [3.05, 3.63) is 22.7 Å². The molecule has 0 spiro atoms. The van der Waals surface area contributed by atoms with Gasteiger partial charge in [-0.05, 0) is 38.4 Å². The summed E-state index contributed by atoms with van der Waals surface area (Å²) in [7, 11) is 4.25. The highest BCUT2D eigenvalue weighted by Crippen LogP contribution is 2.30. The van der Waals surface area contributed by atoms with Crippen LogP contribution >= 0.6 is 11.3 Å². The summed E-state index contributed by atoms with van der Waals surface area (Å²) >= 11 is 1.60. The molecular formula is C19H28N4O2S. The number of hydrogen-bond acceptors (Lipinski definition) is 6. The Morgan fingerprint density at radius 1 is 1.31 bits per heavy atom. The maximum absolute atomic E-state index is 12.3. The van der Waals surface area contributed by atoms with E-state index in [2.05, 4.69) is 34.5 Å². The summed E-state index contributed by atoms with van der Waals surface area (Å²) in [6.07, 6.45) is 8.21. The first kappa shape index (κ1) is 19.0. The van der Waals surface area contributed by atoms with Gasteiger partial charge in [0.15, 0.2) is 0 Å². The Morgan fingerprint density at radius 2 is 2.08 bits per heavy atom. The van der Waals surface area contributed by atoms with E-state index < -0.39 is 0 Å². The van der Waals surface area contributed by atoms with Crippen molar-refractivity contribution < 1.29 is 9.32 Å².